The van der Waals surface area contributed by atoms with Crippen molar-refractivity contribution in [3.63, 3.8) is 0 Å². The van der Waals surface area contributed by atoms with Crippen LogP contribution >= 0.6 is 0 Å². The van der Waals surface area contributed by atoms with Crippen molar-refractivity contribution in [3.8, 4) is 0 Å². The number of piperidine rings is 1. The Morgan fingerprint density at radius 2 is 2.41 bits per heavy atom. The van der Waals surface area contributed by atoms with Gasteiger partial charge in [-0.25, -0.2) is 4.98 Å². The number of hydrogen-bond acceptors (Lipinski definition) is 4. The van der Waals surface area contributed by atoms with E-state index in [4.69, 9.17) is 4.74 Å². The van der Waals surface area contributed by atoms with E-state index >= 15 is 0 Å². The average molecular weight is 237 g/mol. The van der Waals surface area contributed by atoms with Crippen molar-refractivity contribution >= 4 is 5.97 Å². The summed E-state index contributed by atoms with van der Waals surface area (Å²) in [5, 5.41) is 0. The van der Waals surface area contributed by atoms with Gasteiger partial charge in [-0.15, -0.1) is 0 Å². The van der Waals surface area contributed by atoms with Crippen LogP contribution in [0.5, 0.6) is 0 Å². The summed E-state index contributed by atoms with van der Waals surface area (Å²) >= 11 is 0. The van der Waals surface area contributed by atoms with Crippen LogP contribution in [0.15, 0.2) is 12.4 Å². The number of carbonyl (C=O) groups is 1. The molecule has 1 aliphatic rings. The van der Waals surface area contributed by atoms with E-state index in [1.54, 1.807) is 6.20 Å². The molecule has 17 heavy (non-hydrogen) atoms. The molecule has 1 atom stereocenters. The maximum absolute atomic E-state index is 11.7. The predicted octanol–water partition coefficient (Wildman–Crippen LogP) is 0.948. The topological polar surface area (TPSA) is 47.4 Å². The summed E-state index contributed by atoms with van der Waals surface area (Å²) in [7, 11) is 3.43. The first kappa shape index (κ1) is 12.1. The van der Waals surface area contributed by atoms with Crippen LogP contribution in [0.2, 0.25) is 0 Å². The lowest BCUT2D eigenvalue weighted by Crippen LogP contribution is -2.45. The fourth-order valence-corrected chi connectivity index (χ4v) is 2.31. The number of methoxy groups -OCH3 is 1. The Morgan fingerprint density at radius 1 is 1.59 bits per heavy atom. The fraction of sp³-hybridized carbons (Fsp3) is 0.667. The third-order valence-electron chi connectivity index (χ3n) is 3.35. The highest BCUT2D eigenvalue weighted by molar-refractivity contribution is 5.75. The van der Waals surface area contributed by atoms with Crippen LogP contribution in [0, 0.1) is 0 Å². The number of aromatic nitrogens is 2. The van der Waals surface area contributed by atoms with E-state index in [2.05, 4.69) is 9.88 Å². The molecule has 2 heterocycles. The Labute approximate surface area is 101 Å². The SMILES string of the molecule is COC(=O)[C@H]1CCCCN1Cc1nccn1C. The minimum Gasteiger partial charge on any atom is -0.468 e. The van der Waals surface area contributed by atoms with Gasteiger partial charge in [-0.3, -0.25) is 9.69 Å². The molecule has 0 unspecified atom stereocenters. The predicted molar refractivity (Wildman–Crippen MR) is 63.3 cm³/mol. The highest BCUT2D eigenvalue weighted by Crippen LogP contribution is 2.19. The molecule has 1 saturated heterocycles. The second kappa shape index (κ2) is 5.31. The Bertz CT molecular complexity index is 389. The van der Waals surface area contributed by atoms with E-state index in [9.17, 15) is 4.79 Å². The summed E-state index contributed by atoms with van der Waals surface area (Å²) in [5.41, 5.74) is 0. The van der Waals surface area contributed by atoms with Crippen molar-refractivity contribution in [1.29, 1.82) is 0 Å². The second-order valence-electron chi connectivity index (χ2n) is 4.46. The van der Waals surface area contributed by atoms with Crippen molar-refractivity contribution in [2.75, 3.05) is 13.7 Å². The normalized spacial score (nSPS) is 21.4. The molecule has 0 radical (unpaired) electrons. The van der Waals surface area contributed by atoms with Crippen LogP contribution in [0.4, 0.5) is 0 Å². The van der Waals surface area contributed by atoms with E-state index in [1.807, 2.05) is 17.8 Å². The van der Waals surface area contributed by atoms with Gasteiger partial charge in [0.1, 0.15) is 11.9 Å². The lowest BCUT2D eigenvalue weighted by atomic mass is 10.0. The van der Waals surface area contributed by atoms with Crippen LogP contribution in [-0.4, -0.2) is 40.1 Å². The Kier molecular flexibility index (Phi) is 3.78. The smallest absolute Gasteiger partial charge is 0.323 e. The largest absolute Gasteiger partial charge is 0.468 e. The second-order valence-corrected chi connectivity index (χ2v) is 4.46. The summed E-state index contributed by atoms with van der Waals surface area (Å²) in [6.45, 7) is 1.65. The van der Waals surface area contributed by atoms with Gasteiger partial charge < -0.3 is 9.30 Å². The first-order chi connectivity index (χ1) is 8.22. The minimum atomic E-state index is -0.126. The first-order valence-electron chi connectivity index (χ1n) is 6.00. The average Bonchev–Trinajstić information content (AvgIpc) is 2.75. The number of ether oxygens (including phenoxy) is 1. The lowest BCUT2D eigenvalue weighted by molar-refractivity contribution is -0.148. The van der Waals surface area contributed by atoms with Crippen molar-refractivity contribution in [1.82, 2.24) is 14.5 Å². The molecule has 0 aliphatic carbocycles. The number of carbonyl (C=O) groups excluding carboxylic acids is 1. The summed E-state index contributed by atoms with van der Waals surface area (Å²) < 4.78 is 6.85. The van der Waals surface area contributed by atoms with Crippen LogP contribution in [0.1, 0.15) is 25.1 Å². The van der Waals surface area contributed by atoms with E-state index in [0.29, 0.717) is 6.54 Å². The Hall–Kier alpha value is -1.36. The van der Waals surface area contributed by atoms with E-state index in [-0.39, 0.29) is 12.0 Å². The number of esters is 1. The molecule has 94 valence electrons. The molecule has 5 nitrogen and oxygen atoms in total. The van der Waals surface area contributed by atoms with Gasteiger partial charge in [0, 0.05) is 19.4 Å². The van der Waals surface area contributed by atoms with Gasteiger partial charge >= 0.3 is 5.97 Å². The van der Waals surface area contributed by atoms with Crippen LogP contribution in [0.25, 0.3) is 0 Å². The maximum atomic E-state index is 11.7. The van der Waals surface area contributed by atoms with E-state index in [1.165, 1.54) is 7.11 Å². The molecule has 1 fully saturated rings. The summed E-state index contributed by atoms with van der Waals surface area (Å²) in [5.74, 6) is 0.861. The standard InChI is InChI=1S/C12H19N3O2/c1-14-8-6-13-11(14)9-15-7-4-3-5-10(15)12(16)17-2/h6,8,10H,3-5,7,9H2,1-2H3/t10-/m1/s1. The number of likely N-dealkylation sites (tertiary alicyclic amines) is 1. The fourth-order valence-electron chi connectivity index (χ4n) is 2.31. The monoisotopic (exact) mass is 237 g/mol. The number of aryl methyl sites for hydroxylation is 1. The Morgan fingerprint density at radius 3 is 3.06 bits per heavy atom. The summed E-state index contributed by atoms with van der Waals surface area (Å²) in [6, 6.07) is -0.106. The molecule has 5 heteroatoms. The quantitative estimate of drug-likeness (QED) is 0.734. The van der Waals surface area contributed by atoms with Gasteiger partial charge in [0.15, 0.2) is 0 Å². The molecular weight excluding hydrogens is 218 g/mol. The molecule has 1 aromatic heterocycles. The number of rotatable bonds is 3. The van der Waals surface area contributed by atoms with Gasteiger partial charge in [-0.2, -0.15) is 0 Å². The molecule has 0 amide bonds. The van der Waals surface area contributed by atoms with Crippen LogP contribution in [-0.2, 0) is 23.1 Å². The molecule has 0 aromatic carbocycles. The number of hydrogen-bond donors (Lipinski definition) is 0. The number of nitrogens with zero attached hydrogens (tertiary/aromatic N) is 3. The molecule has 0 bridgehead atoms. The highest BCUT2D eigenvalue weighted by Gasteiger charge is 2.29. The van der Waals surface area contributed by atoms with E-state index < -0.39 is 0 Å². The summed E-state index contributed by atoms with van der Waals surface area (Å²) in [6.07, 6.45) is 6.82. The van der Waals surface area contributed by atoms with Crippen LogP contribution in [0.3, 0.4) is 0 Å². The molecule has 0 spiro atoms. The van der Waals surface area contributed by atoms with Crippen LogP contribution < -0.4 is 0 Å². The van der Waals surface area contributed by atoms with Gasteiger partial charge in [0.05, 0.1) is 13.7 Å². The molecule has 0 saturated carbocycles. The lowest BCUT2D eigenvalue weighted by Gasteiger charge is -2.33. The Balaban J connectivity index is 2.06. The van der Waals surface area contributed by atoms with E-state index in [0.717, 1.165) is 31.6 Å². The minimum absolute atomic E-state index is 0.106. The number of imidazole rings is 1. The third kappa shape index (κ3) is 2.66. The zero-order chi connectivity index (χ0) is 12.3. The molecule has 1 aliphatic heterocycles. The van der Waals surface area contributed by atoms with Gasteiger partial charge in [-0.1, -0.05) is 6.42 Å². The highest BCUT2D eigenvalue weighted by atomic mass is 16.5. The third-order valence-corrected chi connectivity index (χ3v) is 3.35. The van der Waals surface area contributed by atoms with Gasteiger partial charge in [0.25, 0.3) is 0 Å². The van der Waals surface area contributed by atoms with Crippen molar-refractivity contribution < 1.29 is 9.53 Å². The summed E-state index contributed by atoms with van der Waals surface area (Å²) in [4.78, 5) is 18.2. The van der Waals surface area contributed by atoms with Crippen molar-refractivity contribution in [2.24, 2.45) is 7.05 Å². The van der Waals surface area contributed by atoms with Crippen molar-refractivity contribution in [3.05, 3.63) is 18.2 Å². The molecular formula is C12H19N3O2. The van der Waals surface area contributed by atoms with Crippen molar-refractivity contribution in [2.45, 2.75) is 31.8 Å². The van der Waals surface area contributed by atoms with Gasteiger partial charge in [0.2, 0.25) is 0 Å². The zero-order valence-electron chi connectivity index (χ0n) is 10.4. The molecule has 1 aromatic rings. The maximum Gasteiger partial charge on any atom is 0.323 e. The molecule has 2 rings (SSSR count). The first-order valence-corrected chi connectivity index (χ1v) is 6.00. The molecule has 0 N–H and O–H groups in total. The van der Waals surface area contributed by atoms with Gasteiger partial charge in [-0.05, 0) is 19.4 Å². The zero-order valence-corrected chi connectivity index (χ0v) is 10.4.